The van der Waals surface area contributed by atoms with E-state index in [4.69, 9.17) is 6.42 Å². The van der Waals surface area contributed by atoms with E-state index in [2.05, 4.69) is 11.2 Å². The highest BCUT2D eigenvalue weighted by Gasteiger charge is 2.00. The molecule has 2 nitrogen and oxygen atoms in total. The summed E-state index contributed by atoms with van der Waals surface area (Å²) >= 11 is 0. The molecule has 0 saturated carbocycles. The first kappa shape index (κ1) is 8.35. The molecule has 0 saturated heterocycles. The number of hydrogen-bond donors (Lipinski definition) is 1. The van der Waals surface area contributed by atoms with Crippen LogP contribution in [0.4, 0.5) is 0 Å². The Bertz CT molecular complexity index is 297. The highest BCUT2D eigenvalue weighted by molar-refractivity contribution is 5.94. The molecule has 60 valence electrons. The van der Waals surface area contributed by atoms with Crippen molar-refractivity contribution in [3.05, 3.63) is 35.9 Å². The molecule has 0 aliphatic heterocycles. The third kappa shape index (κ3) is 2.14. The average Bonchev–Trinajstić information content (AvgIpc) is 2.15. The summed E-state index contributed by atoms with van der Waals surface area (Å²) in [5.41, 5.74) is 0.632. The molecule has 0 atom stereocenters. The number of hydrogen-bond acceptors (Lipinski definition) is 1. The minimum Gasteiger partial charge on any atom is -0.341 e. The van der Waals surface area contributed by atoms with Crippen LogP contribution in [-0.2, 0) is 0 Å². The van der Waals surface area contributed by atoms with Crippen LogP contribution in [0.25, 0.3) is 0 Å². The van der Waals surface area contributed by atoms with Gasteiger partial charge in [0.05, 0.1) is 6.54 Å². The Hall–Kier alpha value is -1.75. The summed E-state index contributed by atoms with van der Waals surface area (Å²) < 4.78 is 0. The number of carbonyl (C=O) groups is 1. The second-order valence-corrected chi connectivity index (χ2v) is 2.25. The van der Waals surface area contributed by atoms with Crippen molar-refractivity contribution in [1.29, 1.82) is 0 Å². The Kier molecular flexibility index (Phi) is 2.92. The summed E-state index contributed by atoms with van der Waals surface area (Å²) in [7, 11) is 0. The average molecular weight is 159 g/mol. The molecule has 2 heteroatoms. The molecule has 0 bridgehead atoms. The lowest BCUT2D eigenvalue weighted by Crippen LogP contribution is -2.23. The first-order valence-corrected chi connectivity index (χ1v) is 3.61. The van der Waals surface area contributed by atoms with Crippen LogP contribution in [0, 0.1) is 12.3 Å². The van der Waals surface area contributed by atoms with Crippen molar-refractivity contribution >= 4 is 5.91 Å². The minimum absolute atomic E-state index is 0.131. The van der Waals surface area contributed by atoms with Crippen LogP contribution in [0.3, 0.4) is 0 Å². The van der Waals surface area contributed by atoms with Crippen molar-refractivity contribution in [2.75, 3.05) is 6.54 Å². The second-order valence-electron chi connectivity index (χ2n) is 2.25. The largest absolute Gasteiger partial charge is 0.341 e. The lowest BCUT2D eigenvalue weighted by atomic mass is 10.2. The Morgan fingerprint density at radius 2 is 2.08 bits per heavy atom. The monoisotopic (exact) mass is 159 g/mol. The molecule has 0 heterocycles. The lowest BCUT2D eigenvalue weighted by Gasteiger charge is -1.99. The predicted octanol–water partition coefficient (Wildman–Crippen LogP) is 1.05. The molecule has 12 heavy (non-hydrogen) atoms. The standard InChI is InChI=1S/C10H9NO/c1-2-8-11-10(12)9-6-4-3-5-7-9/h1,3-7H,8H2,(H,11,12). The molecule has 0 aromatic heterocycles. The predicted molar refractivity (Wildman–Crippen MR) is 47.6 cm³/mol. The third-order valence-electron chi connectivity index (χ3n) is 1.39. The van der Waals surface area contributed by atoms with Gasteiger partial charge in [-0.2, -0.15) is 0 Å². The maximum Gasteiger partial charge on any atom is 0.252 e. The van der Waals surface area contributed by atoms with E-state index >= 15 is 0 Å². The molecule has 0 unspecified atom stereocenters. The number of terminal acetylenes is 1. The van der Waals surface area contributed by atoms with Gasteiger partial charge < -0.3 is 5.32 Å². The third-order valence-corrected chi connectivity index (χ3v) is 1.39. The molecular formula is C10H9NO. The van der Waals surface area contributed by atoms with Crippen molar-refractivity contribution in [3.63, 3.8) is 0 Å². The molecule has 0 spiro atoms. The Balaban J connectivity index is 2.61. The first-order chi connectivity index (χ1) is 5.84. The molecule has 0 aliphatic rings. The fourth-order valence-electron chi connectivity index (χ4n) is 0.823. The van der Waals surface area contributed by atoms with Gasteiger partial charge >= 0.3 is 0 Å². The summed E-state index contributed by atoms with van der Waals surface area (Å²) in [5, 5.41) is 2.57. The smallest absolute Gasteiger partial charge is 0.252 e. The van der Waals surface area contributed by atoms with Gasteiger partial charge in [0.2, 0.25) is 0 Å². The summed E-state index contributed by atoms with van der Waals surface area (Å²) in [6.07, 6.45) is 4.99. The Morgan fingerprint density at radius 1 is 1.42 bits per heavy atom. The summed E-state index contributed by atoms with van der Waals surface area (Å²) in [4.78, 5) is 11.2. The number of carbonyl (C=O) groups excluding carboxylic acids is 1. The van der Waals surface area contributed by atoms with Crippen LogP contribution in [0.1, 0.15) is 10.4 Å². The zero-order valence-electron chi connectivity index (χ0n) is 6.58. The summed E-state index contributed by atoms with van der Waals surface area (Å²) in [6, 6.07) is 8.96. The fourth-order valence-corrected chi connectivity index (χ4v) is 0.823. The van der Waals surface area contributed by atoms with Crippen molar-refractivity contribution < 1.29 is 4.79 Å². The highest BCUT2D eigenvalue weighted by Crippen LogP contribution is 1.96. The molecule has 1 rings (SSSR count). The van der Waals surface area contributed by atoms with Crippen LogP contribution < -0.4 is 5.32 Å². The molecule has 1 aromatic rings. The van der Waals surface area contributed by atoms with Crippen LogP contribution >= 0.6 is 0 Å². The van der Waals surface area contributed by atoms with Gasteiger partial charge in [-0.1, -0.05) is 24.1 Å². The lowest BCUT2D eigenvalue weighted by molar-refractivity contribution is 0.0958. The molecule has 1 aromatic carbocycles. The quantitative estimate of drug-likeness (QED) is 0.642. The van der Waals surface area contributed by atoms with Gasteiger partial charge in [-0.25, -0.2) is 0 Å². The van der Waals surface area contributed by atoms with Gasteiger partial charge in [0.1, 0.15) is 0 Å². The van der Waals surface area contributed by atoms with Crippen LogP contribution in [0.2, 0.25) is 0 Å². The van der Waals surface area contributed by atoms with Crippen LogP contribution in [0.5, 0.6) is 0 Å². The maximum atomic E-state index is 11.2. The Morgan fingerprint density at radius 3 is 2.67 bits per heavy atom. The van der Waals surface area contributed by atoms with Gasteiger partial charge in [0, 0.05) is 5.56 Å². The zero-order chi connectivity index (χ0) is 8.81. The number of nitrogens with one attached hydrogen (secondary N) is 1. The van der Waals surface area contributed by atoms with E-state index in [1.807, 2.05) is 18.2 Å². The fraction of sp³-hybridized carbons (Fsp3) is 0.100. The SMILES string of the molecule is C#CCNC(=O)c1ccccc1. The van der Waals surface area contributed by atoms with Crippen molar-refractivity contribution in [3.8, 4) is 12.3 Å². The van der Waals surface area contributed by atoms with Gasteiger partial charge in [-0.15, -0.1) is 6.42 Å². The summed E-state index contributed by atoms with van der Waals surface area (Å²) in [6.45, 7) is 0.272. The van der Waals surface area contributed by atoms with Crippen molar-refractivity contribution in [2.45, 2.75) is 0 Å². The zero-order valence-corrected chi connectivity index (χ0v) is 6.58. The maximum absolute atomic E-state index is 11.2. The minimum atomic E-state index is -0.131. The van der Waals surface area contributed by atoms with E-state index < -0.39 is 0 Å². The van der Waals surface area contributed by atoms with Gasteiger partial charge in [0.15, 0.2) is 0 Å². The van der Waals surface area contributed by atoms with Crippen LogP contribution in [-0.4, -0.2) is 12.5 Å². The normalized spacial score (nSPS) is 8.58. The molecule has 0 fully saturated rings. The summed E-state index contributed by atoms with van der Waals surface area (Å²) in [5.74, 6) is 2.21. The van der Waals surface area contributed by atoms with E-state index in [0.29, 0.717) is 5.56 Å². The first-order valence-electron chi connectivity index (χ1n) is 3.61. The van der Waals surface area contributed by atoms with Gasteiger partial charge in [0.25, 0.3) is 5.91 Å². The second kappa shape index (κ2) is 4.20. The molecular weight excluding hydrogens is 150 g/mol. The number of benzene rings is 1. The highest BCUT2D eigenvalue weighted by atomic mass is 16.1. The number of rotatable bonds is 2. The topological polar surface area (TPSA) is 29.1 Å². The van der Waals surface area contributed by atoms with E-state index in [9.17, 15) is 4.79 Å². The van der Waals surface area contributed by atoms with E-state index in [1.165, 1.54) is 0 Å². The van der Waals surface area contributed by atoms with Crippen LogP contribution in [0.15, 0.2) is 30.3 Å². The molecule has 0 aliphatic carbocycles. The molecule has 1 amide bonds. The van der Waals surface area contributed by atoms with E-state index in [-0.39, 0.29) is 12.5 Å². The van der Waals surface area contributed by atoms with Gasteiger partial charge in [-0.3, -0.25) is 4.79 Å². The van der Waals surface area contributed by atoms with E-state index in [1.54, 1.807) is 12.1 Å². The van der Waals surface area contributed by atoms with Gasteiger partial charge in [-0.05, 0) is 12.1 Å². The Labute approximate surface area is 71.6 Å². The molecule has 1 N–H and O–H groups in total. The van der Waals surface area contributed by atoms with Crippen molar-refractivity contribution in [2.24, 2.45) is 0 Å². The number of amides is 1. The molecule has 0 radical (unpaired) electrons. The van der Waals surface area contributed by atoms with E-state index in [0.717, 1.165) is 0 Å². The van der Waals surface area contributed by atoms with Crippen molar-refractivity contribution in [1.82, 2.24) is 5.32 Å².